The van der Waals surface area contributed by atoms with Crippen molar-refractivity contribution in [3.8, 4) is 0 Å². The highest BCUT2D eigenvalue weighted by molar-refractivity contribution is 5.69. The Bertz CT molecular complexity index is 2020. The Morgan fingerprint density at radius 2 is 0.701 bits per heavy atom. The number of unbranched alkanes of at least 4 members (excludes halogenated alkanes) is 11. The molecule has 0 saturated heterocycles. The number of carbonyl (C=O) groups is 3. The molecule has 1 aromatic rings. The average molecular weight is 1180 g/mol. The number of hydrogen-bond donors (Lipinski definition) is 1. The Morgan fingerprint density at radius 1 is 0.390 bits per heavy atom. The summed E-state index contributed by atoms with van der Waals surface area (Å²) in [5, 5.41) is 1.89. The highest BCUT2D eigenvalue weighted by Crippen LogP contribution is 2.45. The van der Waals surface area contributed by atoms with Crippen molar-refractivity contribution in [3.05, 3.63) is 31.5 Å². The molecule has 0 bridgehead atoms. The van der Waals surface area contributed by atoms with E-state index in [1.165, 1.54) is 0 Å². The topological polar surface area (TPSA) is 212 Å². The molecule has 38 heteroatoms. The van der Waals surface area contributed by atoms with Crippen LogP contribution in [0.5, 0.6) is 0 Å². The fourth-order valence-electron chi connectivity index (χ4n) is 6.06. The van der Waals surface area contributed by atoms with E-state index in [1.807, 2.05) is 5.32 Å². The number of halogens is 19. The van der Waals surface area contributed by atoms with Crippen LogP contribution in [-0.4, -0.2) is 121 Å². The first-order valence-corrected chi connectivity index (χ1v) is 22.5. The van der Waals surface area contributed by atoms with Gasteiger partial charge in [-0.25, -0.2) is 65.0 Å². The third-order valence-electron chi connectivity index (χ3n) is 9.65. The number of nitrogens with one attached hydrogen (secondary N) is 1. The maximum absolute atomic E-state index is 13.8. The normalized spacial score (nSPS) is 13.2. The Morgan fingerprint density at radius 3 is 1.06 bits per heavy atom. The minimum absolute atomic E-state index is 0.0250. The lowest BCUT2D eigenvalue weighted by molar-refractivity contribution is -0.547. The molecular formula is C39H51F19N4O15. The number of ether oxygens (including phenoxy) is 9. The Labute approximate surface area is 421 Å². The largest absolute Gasteiger partial charge is 0.492 e. The summed E-state index contributed by atoms with van der Waals surface area (Å²) in [6.45, 7) is -12.3. The van der Waals surface area contributed by atoms with Crippen LogP contribution in [0.2, 0.25) is 0 Å². The maximum Gasteiger partial charge on any atom is 0.492 e. The van der Waals surface area contributed by atoms with E-state index in [9.17, 15) is 112 Å². The van der Waals surface area contributed by atoms with Crippen molar-refractivity contribution >= 4 is 18.0 Å². The van der Waals surface area contributed by atoms with Gasteiger partial charge in [0.25, 0.3) is 0 Å². The number of alkyl carbamates (subject to hydrolysis) is 1. The molecule has 1 N–H and O–H groups in total. The first-order chi connectivity index (χ1) is 35.5. The molecule has 77 heavy (non-hydrogen) atoms. The van der Waals surface area contributed by atoms with Gasteiger partial charge in [0.05, 0.1) is 0 Å². The molecule has 1 heterocycles. The SMILES string of the molecule is O=C(CCCCCCCn1c(=O)n(CCCCCCCC(=O)OCC(F)(F)OC(F)(F)C(F)(F)OC(F)(F)OCF)c(=O)n(CCCCCCNC(=O)OCC(F)(F)OC(F)(F)C(F)(F)OC(F)(F)OCF)c1=O)OCF. The van der Waals surface area contributed by atoms with E-state index in [2.05, 4.69) is 42.6 Å². The molecule has 0 aliphatic carbocycles. The number of rotatable bonds is 42. The van der Waals surface area contributed by atoms with Crippen molar-refractivity contribution in [2.75, 3.05) is 40.3 Å². The van der Waals surface area contributed by atoms with Gasteiger partial charge in [-0.15, -0.1) is 17.6 Å². The number of nitrogens with zero attached hydrogens (tertiary/aromatic N) is 3. The second kappa shape index (κ2) is 31.6. The number of hydrogen-bond acceptors (Lipinski definition) is 15. The van der Waals surface area contributed by atoms with E-state index < -0.39 is 125 Å². The molecule has 0 saturated carbocycles. The first kappa shape index (κ1) is 70.1. The van der Waals surface area contributed by atoms with Gasteiger partial charge in [0, 0.05) is 39.0 Å². The van der Waals surface area contributed by atoms with E-state index in [-0.39, 0.29) is 96.8 Å². The van der Waals surface area contributed by atoms with Gasteiger partial charge in [0.2, 0.25) is 6.86 Å². The lowest BCUT2D eigenvalue weighted by Gasteiger charge is -2.30. The minimum atomic E-state index is -6.54. The summed E-state index contributed by atoms with van der Waals surface area (Å²) in [5.74, 6) is -2.24. The Hall–Kier alpha value is -4.95. The van der Waals surface area contributed by atoms with Crippen LogP contribution in [0.15, 0.2) is 14.4 Å². The maximum atomic E-state index is 13.8. The zero-order chi connectivity index (χ0) is 58.9. The smallest absolute Gasteiger partial charge is 0.456 e. The lowest BCUT2D eigenvalue weighted by Crippen LogP contribution is -2.54. The third-order valence-corrected chi connectivity index (χ3v) is 9.65. The van der Waals surface area contributed by atoms with Crippen LogP contribution in [0.25, 0.3) is 0 Å². The van der Waals surface area contributed by atoms with Crippen molar-refractivity contribution in [3.63, 3.8) is 0 Å². The third kappa shape index (κ3) is 26.0. The molecule has 0 fully saturated rings. The Kier molecular flexibility index (Phi) is 28.7. The molecule has 0 aromatic carbocycles. The van der Waals surface area contributed by atoms with E-state index in [0.717, 1.165) is 13.7 Å². The second-order valence-electron chi connectivity index (χ2n) is 15.7. The molecule has 0 atom stereocenters. The van der Waals surface area contributed by atoms with Gasteiger partial charge in [-0.3, -0.25) is 19.1 Å². The van der Waals surface area contributed by atoms with Crippen LogP contribution in [0, 0.1) is 0 Å². The van der Waals surface area contributed by atoms with Crippen LogP contribution in [0.4, 0.5) is 88.2 Å². The van der Waals surface area contributed by atoms with E-state index in [1.54, 1.807) is 0 Å². The molecule has 19 nitrogen and oxygen atoms in total. The predicted octanol–water partition coefficient (Wildman–Crippen LogP) is 8.76. The zero-order valence-electron chi connectivity index (χ0n) is 39.8. The van der Waals surface area contributed by atoms with E-state index in [4.69, 9.17) is 0 Å². The number of carbonyl (C=O) groups excluding carboxylic acids is 3. The molecule has 1 amide bonds. The summed E-state index contributed by atoms with van der Waals surface area (Å²) in [7, 11) is 0. The number of amides is 1. The van der Waals surface area contributed by atoms with Crippen LogP contribution in [0.1, 0.15) is 103 Å². The minimum Gasteiger partial charge on any atom is -0.456 e. The fraction of sp³-hybridized carbons (Fsp3) is 0.846. The van der Waals surface area contributed by atoms with Gasteiger partial charge >= 0.3 is 84.3 Å². The number of esters is 2. The van der Waals surface area contributed by atoms with Gasteiger partial charge in [-0.1, -0.05) is 51.4 Å². The monoisotopic (exact) mass is 1180 g/mol. The molecule has 0 aliphatic heterocycles. The van der Waals surface area contributed by atoms with Gasteiger partial charge in [-0.05, 0) is 38.5 Å². The average Bonchev–Trinajstić information content (AvgIpc) is 3.28. The van der Waals surface area contributed by atoms with Crippen molar-refractivity contribution in [2.24, 2.45) is 0 Å². The highest BCUT2D eigenvalue weighted by atomic mass is 19.4. The summed E-state index contributed by atoms with van der Waals surface area (Å²) < 4.78 is 280. The van der Waals surface area contributed by atoms with Crippen LogP contribution in [-0.2, 0) is 71.9 Å². The van der Waals surface area contributed by atoms with Crippen molar-refractivity contribution in [1.82, 2.24) is 19.0 Å². The van der Waals surface area contributed by atoms with Gasteiger partial charge in [0.1, 0.15) is 0 Å². The van der Waals surface area contributed by atoms with Gasteiger partial charge in [0.15, 0.2) is 26.9 Å². The van der Waals surface area contributed by atoms with E-state index in [0.29, 0.717) is 25.7 Å². The molecular weight excluding hydrogens is 1130 g/mol. The van der Waals surface area contributed by atoms with Crippen molar-refractivity contribution in [1.29, 1.82) is 0 Å². The summed E-state index contributed by atoms with van der Waals surface area (Å²) in [6, 6.07) is 0. The predicted molar refractivity (Wildman–Crippen MR) is 214 cm³/mol. The highest BCUT2D eigenvalue weighted by Gasteiger charge is 2.69. The summed E-state index contributed by atoms with van der Waals surface area (Å²) >= 11 is 0. The molecule has 1 aromatic heterocycles. The molecule has 0 radical (unpaired) electrons. The quantitative estimate of drug-likeness (QED) is 0.0213. The van der Waals surface area contributed by atoms with Crippen molar-refractivity contribution < 1.29 is 140 Å². The summed E-state index contributed by atoms with van der Waals surface area (Å²) in [5.41, 5.74) is -3.05. The van der Waals surface area contributed by atoms with Gasteiger partial charge < -0.3 is 19.5 Å². The fourth-order valence-corrected chi connectivity index (χ4v) is 6.06. The van der Waals surface area contributed by atoms with Gasteiger partial charge in [-0.2, -0.15) is 52.7 Å². The van der Waals surface area contributed by atoms with Crippen LogP contribution < -0.4 is 22.4 Å². The second-order valence-corrected chi connectivity index (χ2v) is 15.7. The van der Waals surface area contributed by atoms with E-state index >= 15 is 0 Å². The standard InChI is InChI=1S/C39H51F19N4O15/c40-23-71-27(64)16-10-4-2-7-13-19-61-29(66)60(18-12-6-1-3-9-15-26(63)69-21-32(43,44)74-34(47,48)36(51,52)76-38(55,56)72-24-41)30(67)62(31(61)68)20-14-8-5-11-17-59-28(65)70-22-33(45,46)75-35(49,50)37(53,54)77-39(57,58)73-25-42/h1-25H2,(H,59,65). The summed E-state index contributed by atoms with van der Waals surface area (Å²) in [6.07, 6.45) is -47.9. The summed E-state index contributed by atoms with van der Waals surface area (Å²) in [4.78, 5) is 75.2. The molecule has 1 rings (SSSR count). The van der Waals surface area contributed by atoms with Crippen LogP contribution >= 0.6 is 0 Å². The number of alkyl halides is 19. The van der Waals surface area contributed by atoms with Crippen LogP contribution in [0.3, 0.4) is 0 Å². The molecule has 0 aliphatic rings. The lowest BCUT2D eigenvalue weighted by atomic mass is 10.1. The molecule has 0 spiro atoms. The zero-order valence-corrected chi connectivity index (χ0v) is 39.8. The molecule has 0 unspecified atom stereocenters. The van der Waals surface area contributed by atoms with Crippen molar-refractivity contribution in [2.45, 2.75) is 172 Å². The molecule has 450 valence electrons. The first-order valence-electron chi connectivity index (χ1n) is 22.5. The number of aromatic nitrogens is 3. The Balaban J connectivity index is 2.81.